The van der Waals surface area contributed by atoms with Crippen LogP contribution in [0, 0.1) is 11.8 Å². The van der Waals surface area contributed by atoms with Crippen molar-refractivity contribution in [1.29, 1.82) is 0 Å². The molecular weight excluding hydrogens is 460 g/mol. The Morgan fingerprint density at radius 3 is 1.00 bits per heavy atom. The second kappa shape index (κ2) is 13.6. The van der Waals surface area contributed by atoms with Crippen LogP contribution in [0.1, 0.15) is 61.7 Å². The molecular formula is C33H30O4. The number of rotatable bonds is 9. The van der Waals surface area contributed by atoms with Gasteiger partial charge in [-0.3, -0.25) is 19.2 Å². The molecule has 0 fully saturated rings. The first-order valence-electron chi connectivity index (χ1n) is 12.2. The first-order valence-corrected chi connectivity index (χ1v) is 12.2. The molecule has 0 aliphatic carbocycles. The van der Waals surface area contributed by atoms with E-state index in [0.717, 1.165) is 0 Å². The Kier molecular flexibility index (Phi) is 9.98. The van der Waals surface area contributed by atoms with Gasteiger partial charge in [0.25, 0.3) is 0 Å². The molecule has 0 spiro atoms. The molecule has 4 nitrogen and oxygen atoms in total. The number of hydrogen-bond donors (Lipinski definition) is 0. The lowest BCUT2D eigenvalue weighted by molar-refractivity contribution is 0.0765. The molecule has 0 N–H and O–H groups in total. The predicted octanol–water partition coefficient (Wildman–Crippen LogP) is 7.17. The van der Waals surface area contributed by atoms with Gasteiger partial charge in [0, 0.05) is 22.3 Å². The van der Waals surface area contributed by atoms with E-state index in [2.05, 4.69) is 0 Å². The highest BCUT2D eigenvalue weighted by Gasteiger charge is 2.31. The fourth-order valence-electron chi connectivity index (χ4n) is 3.89. The quantitative estimate of drug-likeness (QED) is 0.184. The van der Waals surface area contributed by atoms with E-state index in [9.17, 15) is 19.2 Å². The van der Waals surface area contributed by atoms with Gasteiger partial charge in [-0.2, -0.15) is 0 Å². The molecule has 4 rings (SSSR count). The topological polar surface area (TPSA) is 68.3 Å². The zero-order chi connectivity index (χ0) is 26.6. The van der Waals surface area contributed by atoms with Gasteiger partial charge in [-0.05, 0) is 5.92 Å². The van der Waals surface area contributed by atoms with E-state index in [1.54, 1.807) is 72.8 Å². The summed E-state index contributed by atoms with van der Waals surface area (Å²) in [4.78, 5) is 48.8. The fraction of sp³-hybridized carbons (Fsp3) is 0.152. The zero-order valence-electron chi connectivity index (χ0n) is 21.0. The first-order chi connectivity index (χ1) is 17.9. The monoisotopic (exact) mass is 490 g/mol. The summed E-state index contributed by atoms with van der Waals surface area (Å²) < 4.78 is 0. The van der Waals surface area contributed by atoms with Crippen molar-refractivity contribution in [2.24, 2.45) is 11.8 Å². The maximum Gasteiger partial charge on any atom is 0.173 e. The summed E-state index contributed by atoms with van der Waals surface area (Å²) in [5.74, 6) is -1.14. The Morgan fingerprint density at radius 1 is 0.459 bits per heavy atom. The zero-order valence-corrected chi connectivity index (χ0v) is 21.0. The van der Waals surface area contributed by atoms with Crippen LogP contribution >= 0.6 is 0 Å². The average Bonchev–Trinajstić information content (AvgIpc) is 2.95. The Morgan fingerprint density at radius 2 is 0.730 bits per heavy atom. The lowest BCUT2D eigenvalue weighted by Crippen LogP contribution is -2.29. The van der Waals surface area contributed by atoms with Crippen LogP contribution in [-0.4, -0.2) is 23.1 Å². The number of benzene rings is 4. The molecule has 0 radical (unpaired) electrons. The molecule has 0 heterocycles. The molecule has 4 aromatic rings. The highest BCUT2D eigenvalue weighted by Crippen LogP contribution is 2.22. The van der Waals surface area contributed by atoms with Crippen LogP contribution in [0.4, 0.5) is 0 Å². The summed E-state index contributed by atoms with van der Waals surface area (Å²) in [5, 5.41) is 0. The van der Waals surface area contributed by atoms with E-state index in [-0.39, 0.29) is 35.5 Å². The summed E-state index contributed by atoms with van der Waals surface area (Å²) >= 11 is 0. The molecule has 0 aromatic heterocycles. The van der Waals surface area contributed by atoms with Crippen molar-refractivity contribution in [3.8, 4) is 0 Å². The van der Waals surface area contributed by atoms with Crippen LogP contribution < -0.4 is 0 Å². The molecule has 0 aliphatic rings. The van der Waals surface area contributed by atoms with Gasteiger partial charge in [0.1, 0.15) is 0 Å². The molecule has 0 aliphatic heterocycles. The lowest BCUT2D eigenvalue weighted by Gasteiger charge is -2.18. The minimum absolute atomic E-state index is 0.0320. The van der Waals surface area contributed by atoms with E-state index in [4.69, 9.17) is 0 Å². The smallest absolute Gasteiger partial charge is 0.173 e. The van der Waals surface area contributed by atoms with Crippen LogP contribution in [0.3, 0.4) is 0 Å². The summed E-state index contributed by atoms with van der Waals surface area (Å²) in [5.41, 5.74) is 2.35. The average molecular weight is 491 g/mol. The van der Waals surface area contributed by atoms with Gasteiger partial charge in [0.15, 0.2) is 23.1 Å². The van der Waals surface area contributed by atoms with Gasteiger partial charge in [0.2, 0.25) is 0 Å². The van der Waals surface area contributed by atoms with Crippen LogP contribution in [0.25, 0.3) is 0 Å². The molecule has 0 saturated heterocycles. The van der Waals surface area contributed by atoms with Crippen molar-refractivity contribution in [2.75, 3.05) is 0 Å². The third-order valence-electron chi connectivity index (χ3n) is 5.86. The summed E-state index contributed by atoms with van der Waals surface area (Å²) in [7, 11) is 0. The van der Waals surface area contributed by atoms with Gasteiger partial charge >= 0.3 is 0 Å². The van der Waals surface area contributed by atoms with Gasteiger partial charge < -0.3 is 0 Å². The SMILES string of the molecule is CC(C)C(C(=O)c1ccccc1)C(=O)c1ccccc1.O=C(CC(=O)c1ccccc1)c1ccccc1. The molecule has 4 heteroatoms. The number of carbonyl (C=O) groups is 4. The molecule has 4 aromatic carbocycles. The largest absolute Gasteiger partial charge is 0.294 e. The van der Waals surface area contributed by atoms with Crippen LogP contribution in [-0.2, 0) is 0 Å². The molecule has 0 bridgehead atoms. The second-order valence-electron chi connectivity index (χ2n) is 8.94. The molecule has 0 saturated carbocycles. The van der Waals surface area contributed by atoms with E-state index >= 15 is 0 Å². The molecule has 0 atom stereocenters. The van der Waals surface area contributed by atoms with E-state index in [1.807, 2.05) is 62.4 Å². The summed E-state index contributed by atoms with van der Waals surface area (Å²) in [6.45, 7) is 3.82. The highest BCUT2D eigenvalue weighted by molar-refractivity contribution is 6.16. The van der Waals surface area contributed by atoms with Crippen LogP contribution in [0.15, 0.2) is 121 Å². The third-order valence-corrected chi connectivity index (χ3v) is 5.86. The Balaban J connectivity index is 0.000000208. The van der Waals surface area contributed by atoms with E-state index in [0.29, 0.717) is 22.3 Å². The van der Waals surface area contributed by atoms with Gasteiger partial charge in [-0.25, -0.2) is 0 Å². The van der Waals surface area contributed by atoms with Crippen molar-refractivity contribution < 1.29 is 19.2 Å². The maximum atomic E-state index is 12.6. The molecule has 0 unspecified atom stereocenters. The second-order valence-corrected chi connectivity index (χ2v) is 8.94. The van der Waals surface area contributed by atoms with Gasteiger partial charge in [0.05, 0.1) is 12.3 Å². The highest BCUT2D eigenvalue weighted by atomic mass is 16.2. The van der Waals surface area contributed by atoms with E-state index in [1.165, 1.54) is 0 Å². The number of carbonyl (C=O) groups excluding carboxylic acids is 4. The molecule has 37 heavy (non-hydrogen) atoms. The van der Waals surface area contributed by atoms with Gasteiger partial charge in [-0.15, -0.1) is 0 Å². The van der Waals surface area contributed by atoms with Crippen molar-refractivity contribution in [3.63, 3.8) is 0 Å². The molecule has 186 valence electrons. The van der Waals surface area contributed by atoms with Crippen molar-refractivity contribution in [2.45, 2.75) is 20.3 Å². The Bertz CT molecular complexity index is 1210. The standard InChI is InChI=1S/C18H18O2.C15H12O2/c1-13(2)16(17(19)14-9-5-3-6-10-14)18(20)15-11-7-4-8-12-15;16-14(12-7-3-1-4-8-12)11-15(17)13-9-5-2-6-10-13/h3-13,16H,1-2H3;1-10H,11H2. The Labute approximate surface area is 218 Å². The normalized spacial score (nSPS) is 10.4. The predicted molar refractivity (Wildman–Crippen MR) is 146 cm³/mol. The number of Topliss-reactive ketones (excluding diaryl/α,β-unsaturated/α-hetero) is 4. The lowest BCUT2D eigenvalue weighted by atomic mass is 9.82. The Hall–Kier alpha value is -4.44. The summed E-state index contributed by atoms with van der Waals surface area (Å²) in [6, 6.07) is 35.8. The van der Waals surface area contributed by atoms with Crippen LogP contribution in [0.2, 0.25) is 0 Å². The van der Waals surface area contributed by atoms with Crippen molar-refractivity contribution >= 4 is 23.1 Å². The maximum absolute atomic E-state index is 12.6. The number of hydrogen-bond acceptors (Lipinski definition) is 4. The number of ketones is 4. The van der Waals surface area contributed by atoms with Crippen LogP contribution in [0.5, 0.6) is 0 Å². The summed E-state index contributed by atoms with van der Waals surface area (Å²) in [6.07, 6.45) is -0.0754. The first kappa shape index (κ1) is 27.2. The minimum atomic E-state index is -0.625. The molecule has 0 amide bonds. The van der Waals surface area contributed by atoms with Gasteiger partial charge in [-0.1, -0.05) is 135 Å². The van der Waals surface area contributed by atoms with Crippen molar-refractivity contribution in [3.05, 3.63) is 144 Å². The third kappa shape index (κ3) is 7.77. The van der Waals surface area contributed by atoms with E-state index < -0.39 is 5.92 Å². The van der Waals surface area contributed by atoms with Crippen molar-refractivity contribution in [1.82, 2.24) is 0 Å². The minimum Gasteiger partial charge on any atom is -0.294 e. The fourth-order valence-corrected chi connectivity index (χ4v) is 3.89.